The summed E-state index contributed by atoms with van der Waals surface area (Å²) in [7, 11) is 1.54. The molecule has 5 heteroatoms. The van der Waals surface area contributed by atoms with Gasteiger partial charge in [0.05, 0.1) is 7.11 Å². The van der Waals surface area contributed by atoms with Gasteiger partial charge in [-0.3, -0.25) is 0 Å². The number of hydrogen-bond donors (Lipinski definition) is 1. The number of amides is 1. The molecule has 1 aromatic carbocycles. The van der Waals surface area contributed by atoms with Crippen LogP contribution in [0, 0.1) is 11.3 Å². The predicted molar refractivity (Wildman–Crippen MR) is 85.6 cm³/mol. The number of nitriles is 1. The fourth-order valence-corrected chi connectivity index (χ4v) is 1.76. The van der Waals surface area contributed by atoms with Gasteiger partial charge in [0.1, 0.15) is 23.0 Å². The van der Waals surface area contributed by atoms with E-state index in [1.165, 1.54) is 7.11 Å². The van der Waals surface area contributed by atoms with Crippen molar-refractivity contribution >= 4 is 12.2 Å². The number of methoxy groups -OCH3 is 1. The third-order valence-corrected chi connectivity index (χ3v) is 2.67. The standard InChI is InChI=1S/C17H22N2O3/c1-17(2,3)22-16(20)19-11-6-5-8-13-9-7-10-15(21-4)14(13)12-18/h5,7-10H,6,11H2,1-4H3,(H,19,20). The molecule has 1 amide bonds. The summed E-state index contributed by atoms with van der Waals surface area (Å²) in [4.78, 5) is 11.5. The fraction of sp³-hybridized carbons (Fsp3) is 0.412. The maximum atomic E-state index is 11.5. The molecular formula is C17H22N2O3. The largest absolute Gasteiger partial charge is 0.495 e. The van der Waals surface area contributed by atoms with Gasteiger partial charge in [0.15, 0.2) is 0 Å². The van der Waals surface area contributed by atoms with Crippen LogP contribution in [0.3, 0.4) is 0 Å². The lowest BCUT2D eigenvalue weighted by Crippen LogP contribution is -2.32. The first-order valence-electron chi connectivity index (χ1n) is 7.08. The van der Waals surface area contributed by atoms with E-state index in [2.05, 4.69) is 11.4 Å². The molecule has 0 fully saturated rings. The molecule has 0 atom stereocenters. The lowest BCUT2D eigenvalue weighted by atomic mass is 10.1. The lowest BCUT2D eigenvalue weighted by Gasteiger charge is -2.19. The van der Waals surface area contributed by atoms with Gasteiger partial charge in [-0.2, -0.15) is 5.26 Å². The average molecular weight is 302 g/mol. The molecular weight excluding hydrogens is 280 g/mol. The quantitative estimate of drug-likeness (QED) is 0.845. The molecule has 0 aromatic heterocycles. The SMILES string of the molecule is COc1cccc(C=CCCNC(=O)OC(C)(C)C)c1C#N. The van der Waals surface area contributed by atoms with Gasteiger partial charge in [0.25, 0.3) is 0 Å². The summed E-state index contributed by atoms with van der Waals surface area (Å²) in [5.41, 5.74) is 0.794. The van der Waals surface area contributed by atoms with Gasteiger partial charge in [0.2, 0.25) is 0 Å². The molecule has 0 saturated heterocycles. The molecule has 0 radical (unpaired) electrons. The van der Waals surface area contributed by atoms with E-state index in [9.17, 15) is 10.1 Å². The zero-order valence-electron chi connectivity index (χ0n) is 13.5. The van der Waals surface area contributed by atoms with Crippen molar-refractivity contribution in [2.45, 2.75) is 32.8 Å². The van der Waals surface area contributed by atoms with Crippen molar-refractivity contribution in [2.75, 3.05) is 13.7 Å². The Kier molecular flexibility index (Phi) is 6.46. The molecule has 22 heavy (non-hydrogen) atoms. The molecule has 0 unspecified atom stereocenters. The second kappa shape index (κ2) is 8.08. The van der Waals surface area contributed by atoms with Crippen LogP contribution in [0.25, 0.3) is 6.08 Å². The molecule has 0 heterocycles. The first kappa shape index (κ1) is 17.6. The molecule has 118 valence electrons. The van der Waals surface area contributed by atoms with Crippen molar-refractivity contribution in [2.24, 2.45) is 0 Å². The van der Waals surface area contributed by atoms with E-state index in [4.69, 9.17) is 9.47 Å². The zero-order valence-corrected chi connectivity index (χ0v) is 13.5. The summed E-state index contributed by atoms with van der Waals surface area (Å²) in [5.74, 6) is 0.552. The van der Waals surface area contributed by atoms with Crippen LogP contribution in [0.1, 0.15) is 38.3 Å². The summed E-state index contributed by atoms with van der Waals surface area (Å²) in [5, 5.41) is 11.9. The second-order valence-electron chi connectivity index (χ2n) is 5.66. The molecule has 0 bridgehead atoms. The van der Waals surface area contributed by atoms with E-state index < -0.39 is 11.7 Å². The number of benzene rings is 1. The average Bonchev–Trinajstić information content (AvgIpc) is 2.44. The Morgan fingerprint density at radius 1 is 1.41 bits per heavy atom. The van der Waals surface area contributed by atoms with Gasteiger partial charge >= 0.3 is 6.09 Å². The summed E-state index contributed by atoms with van der Waals surface area (Å²) in [6.07, 6.45) is 3.95. The minimum absolute atomic E-state index is 0.431. The van der Waals surface area contributed by atoms with E-state index in [0.717, 1.165) is 5.56 Å². The molecule has 1 aromatic rings. The van der Waals surface area contributed by atoms with E-state index in [-0.39, 0.29) is 0 Å². The summed E-state index contributed by atoms with van der Waals surface area (Å²) in [6.45, 7) is 5.92. The molecule has 0 saturated carbocycles. The van der Waals surface area contributed by atoms with E-state index in [1.807, 2.05) is 45.1 Å². The highest BCUT2D eigenvalue weighted by atomic mass is 16.6. The van der Waals surface area contributed by atoms with Gasteiger partial charge in [-0.15, -0.1) is 0 Å². The van der Waals surface area contributed by atoms with Crippen LogP contribution in [0.15, 0.2) is 24.3 Å². The zero-order chi connectivity index (χ0) is 16.6. The van der Waals surface area contributed by atoms with Gasteiger partial charge in [-0.05, 0) is 38.8 Å². The number of rotatable bonds is 5. The third-order valence-electron chi connectivity index (χ3n) is 2.67. The maximum Gasteiger partial charge on any atom is 0.407 e. The van der Waals surface area contributed by atoms with Crippen LogP contribution in [-0.2, 0) is 4.74 Å². The number of carbonyl (C=O) groups is 1. The summed E-state index contributed by atoms with van der Waals surface area (Å²) < 4.78 is 10.3. The Morgan fingerprint density at radius 2 is 2.14 bits per heavy atom. The summed E-state index contributed by atoms with van der Waals surface area (Å²) in [6, 6.07) is 7.56. The monoisotopic (exact) mass is 302 g/mol. The number of carbonyl (C=O) groups excluding carboxylic acids is 1. The molecule has 0 aliphatic rings. The Bertz CT molecular complexity index is 581. The highest BCUT2D eigenvalue weighted by molar-refractivity contribution is 5.67. The lowest BCUT2D eigenvalue weighted by molar-refractivity contribution is 0.0529. The van der Waals surface area contributed by atoms with Gasteiger partial charge in [-0.25, -0.2) is 4.79 Å². The smallest absolute Gasteiger partial charge is 0.407 e. The van der Waals surface area contributed by atoms with E-state index in [1.54, 1.807) is 6.07 Å². The van der Waals surface area contributed by atoms with Crippen molar-refractivity contribution in [1.82, 2.24) is 5.32 Å². The minimum atomic E-state index is -0.498. The number of alkyl carbamates (subject to hydrolysis) is 1. The van der Waals surface area contributed by atoms with Crippen LogP contribution in [0.2, 0.25) is 0 Å². The van der Waals surface area contributed by atoms with Crippen molar-refractivity contribution in [3.63, 3.8) is 0 Å². The predicted octanol–water partition coefficient (Wildman–Crippen LogP) is 3.49. The number of nitrogens with zero attached hydrogens (tertiary/aromatic N) is 1. The number of ether oxygens (including phenoxy) is 2. The van der Waals surface area contributed by atoms with Crippen molar-refractivity contribution in [1.29, 1.82) is 5.26 Å². The van der Waals surface area contributed by atoms with E-state index >= 15 is 0 Å². The number of hydrogen-bond acceptors (Lipinski definition) is 4. The first-order chi connectivity index (χ1) is 10.4. The molecule has 1 rings (SSSR count). The normalized spacial score (nSPS) is 11.0. The van der Waals surface area contributed by atoms with Crippen molar-refractivity contribution in [3.05, 3.63) is 35.4 Å². The Morgan fingerprint density at radius 3 is 2.73 bits per heavy atom. The fourth-order valence-electron chi connectivity index (χ4n) is 1.76. The molecule has 0 aliphatic carbocycles. The Hall–Kier alpha value is -2.48. The molecule has 5 nitrogen and oxygen atoms in total. The highest BCUT2D eigenvalue weighted by Crippen LogP contribution is 2.22. The minimum Gasteiger partial charge on any atom is -0.495 e. The summed E-state index contributed by atoms with van der Waals surface area (Å²) >= 11 is 0. The van der Waals surface area contributed by atoms with Gasteiger partial charge < -0.3 is 14.8 Å². The number of nitrogens with one attached hydrogen (secondary N) is 1. The van der Waals surface area contributed by atoms with Crippen molar-refractivity contribution in [3.8, 4) is 11.8 Å². The first-order valence-corrected chi connectivity index (χ1v) is 7.08. The molecule has 1 N–H and O–H groups in total. The van der Waals surface area contributed by atoms with Crippen LogP contribution in [0.5, 0.6) is 5.75 Å². The van der Waals surface area contributed by atoms with Crippen LogP contribution >= 0.6 is 0 Å². The van der Waals surface area contributed by atoms with Gasteiger partial charge in [0, 0.05) is 6.54 Å². The Balaban J connectivity index is 2.51. The molecule has 0 aliphatic heterocycles. The topological polar surface area (TPSA) is 71.3 Å². The highest BCUT2D eigenvalue weighted by Gasteiger charge is 2.15. The van der Waals surface area contributed by atoms with Crippen molar-refractivity contribution < 1.29 is 14.3 Å². The maximum absolute atomic E-state index is 11.5. The third kappa shape index (κ3) is 5.88. The Labute approximate surface area is 131 Å². The van der Waals surface area contributed by atoms with E-state index in [0.29, 0.717) is 24.3 Å². The van der Waals surface area contributed by atoms with Crippen LogP contribution in [0.4, 0.5) is 4.79 Å². The van der Waals surface area contributed by atoms with Gasteiger partial charge in [-0.1, -0.05) is 24.3 Å². The molecule has 0 spiro atoms. The van der Waals surface area contributed by atoms with Crippen LogP contribution in [-0.4, -0.2) is 25.3 Å². The second-order valence-corrected chi connectivity index (χ2v) is 5.66. The van der Waals surface area contributed by atoms with Crippen LogP contribution < -0.4 is 10.1 Å².